The highest BCUT2D eigenvalue weighted by atomic mass is 16.5. The molecule has 2 aromatic carbocycles. The van der Waals surface area contributed by atoms with Crippen molar-refractivity contribution >= 4 is 5.91 Å². The Morgan fingerprint density at radius 2 is 1.50 bits per heavy atom. The molecule has 0 aliphatic carbocycles. The van der Waals surface area contributed by atoms with E-state index >= 15 is 0 Å². The molecule has 0 N–H and O–H groups in total. The minimum absolute atomic E-state index is 0.0254. The third-order valence-electron chi connectivity index (χ3n) is 4.82. The fourth-order valence-electron chi connectivity index (χ4n) is 3.30. The topological polar surface area (TPSA) is 42.4 Å². The predicted octanol–water partition coefficient (Wildman–Crippen LogP) is 4.28. The van der Waals surface area contributed by atoms with Crippen molar-refractivity contribution < 1.29 is 9.53 Å². The molecule has 4 nitrogen and oxygen atoms in total. The zero-order valence-electron chi connectivity index (χ0n) is 16.2. The summed E-state index contributed by atoms with van der Waals surface area (Å²) in [4.78, 5) is 19.2. The van der Waals surface area contributed by atoms with Crippen LogP contribution in [0.3, 0.4) is 0 Å². The number of pyridine rings is 1. The van der Waals surface area contributed by atoms with Crippen LogP contribution >= 0.6 is 0 Å². The molecule has 0 saturated heterocycles. The molecule has 0 saturated carbocycles. The molecule has 1 aromatic heterocycles. The van der Waals surface area contributed by atoms with Crippen LogP contribution in [0, 0.1) is 0 Å². The van der Waals surface area contributed by atoms with E-state index in [0.29, 0.717) is 26.1 Å². The Balaban J connectivity index is 1.81. The Labute approximate surface area is 166 Å². The van der Waals surface area contributed by atoms with Crippen molar-refractivity contribution in [3.05, 3.63) is 102 Å². The van der Waals surface area contributed by atoms with Gasteiger partial charge in [0.2, 0.25) is 5.91 Å². The largest absolute Gasteiger partial charge is 0.383 e. The molecule has 1 heterocycles. The Kier molecular flexibility index (Phi) is 7.33. The number of hydrogen-bond donors (Lipinski definition) is 0. The molecule has 3 rings (SSSR count). The lowest BCUT2D eigenvalue weighted by atomic mass is 9.88. The van der Waals surface area contributed by atoms with Gasteiger partial charge in [0, 0.05) is 44.9 Å². The van der Waals surface area contributed by atoms with Gasteiger partial charge in [0.25, 0.3) is 0 Å². The van der Waals surface area contributed by atoms with Crippen molar-refractivity contribution in [2.45, 2.75) is 18.9 Å². The molecule has 0 bridgehead atoms. The van der Waals surface area contributed by atoms with Crippen LogP contribution in [0.5, 0.6) is 0 Å². The Morgan fingerprint density at radius 1 is 0.929 bits per heavy atom. The first-order valence-corrected chi connectivity index (χ1v) is 9.53. The second kappa shape index (κ2) is 10.4. The van der Waals surface area contributed by atoms with Crippen molar-refractivity contribution in [3.8, 4) is 0 Å². The summed E-state index contributed by atoms with van der Waals surface area (Å²) >= 11 is 0. The molecule has 0 spiro atoms. The molecular formula is C24H26N2O2. The number of aromatic nitrogens is 1. The monoisotopic (exact) mass is 374 g/mol. The number of carbonyl (C=O) groups excluding carboxylic acids is 1. The minimum atomic E-state index is 0.0254. The summed E-state index contributed by atoms with van der Waals surface area (Å²) in [5.41, 5.74) is 3.37. The smallest absolute Gasteiger partial charge is 0.223 e. The average Bonchev–Trinajstić information content (AvgIpc) is 2.76. The zero-order chi connectivity index (χ0) is 19.6. The van der Waals surface area contributed by atoms with Gasteiger partial charge in [-0.2, -0.15) is 0 Å². The van der Waals surface area contributed by atoms with Gasteiger partial charge in [0.05, 0.1) is 6.61 Å². The third kappa shape index (κ3) is 5.51. The normalized spacial score (nSPS) is 10.8. The summed E-state index contributed by atoms with van der Waals surface area (Å²) in [5.74, 6) is 0.143. The summed E-state index contributed by atoms with van der Waals surface area (Å²) in [7, 11) is 1.66. The quantitative estimate of drug-likeness (QED) is 0.561. The number of ether oxygens (including phenoxy) is 1. The molecule has 144 valence electrons. The Morgan fingerprint density at radius 3 is 2.04 bits per heavy atom. The van der Waals surface area contributed by atoms with Gasteiger partial charge < -0.3 is 9.64 Å². The first-order chi connectivity index (χ1) is 13.8. The van der Waals surface area contributed by atoms with E-state index in [2.05, 4.69) is 29.2 Å². The van der Waals surface area contributed by atoms with Gasteiger partial charge in [0.1, 0.15) is 0 Å². The van der Waals surface area contributed by atoms with Gasteiger partial charge in [0.15, 0.2) is 0 Å². The molecule has 3 aromatic rings. The number of amides is 1. The molecule has 0 aliphatic rings. The number of benzene rings is 2. The summed E-state index contributed by atoms with van der Waals surface area (Å²) in [6.07, 6.45) is 3.93. The van der Waals surface area contributed by atoms with Crippen molar-refractivity contribution in [1.82, 2.24) is 9.88 Å². The fourth-order valence-corrected chi connectivity index (χ4v) is 3.30. The predicted molar refractivity (Wildman–Crippen MR) is 111 cm³/mol. The van der Waals surface area contributed by atoms with Crippen molar-refractivity contribution in [3.63, 3.8) is 0 Å². The molecule has 1 amide bonds. The van der Waals surface area contributed by atoms with Crippen LogP contribution in [-0.4, -0.2) is 36.1 Å². The van der Waals surface area contributed by atoms with Gasteiger partial charge >= 0.3 is 0 Å². The number of hydrogen-bond acceptors (Lipinski definition) is 3. The molecular weight excluding hydrogens is 348 g/mol. The molecule has 0 fully saturated rings. The summed E-state index contributed by atoms with van der Waals surface area (Å²) in [5, 5.41) is 0. The van der Waals surface area contributed by atoms with Gasteiger partial charge in [-0.25, -0.2) is 0 Å². The van der Waals surface area contributed by atoms with Gasteiger partial charge in [-0.15, -0.1) is 0 Å². The number of nitrogens with zero attached hydrogens (tertiary/aromatic N) is 2. The summed E-state index contributed by atoms with van der Waals surface area (Å²) in [6.45, 7) is 1.63. The van der Waals surface area contributed by atoms with Crippen molar-refractivity contribution in [1.29, 1.82) is 0 Å². The van der Waals surface area contributed by atoms with Crippen LogP contribution < -0.4 is 0 Å². The highest BCUT2D eigenvalue weighted by Crippen LogP contribution is 2.28. The lowest BCUT2D eigenvalue weighted by Crippen LogP contribution is -2.34. The Hall–Kier alpha value is -2.98. The number of carbonyl (C=O) groups is 1. The molecule has 0 unspecified atom stereocenters. The summed E-state index contributed by atoms with van der Waals surface area (Å²) < 4.78 is 5.23. The maximum absolute atomic E-state index is 13.3. The van der Waals surface area contributed by atoms with E-state index in [-0.39, 0.29) is 11.8 Å². The second-order valence-corrected chi connectivity index (χ2v) is 6.74. The lowest BCUT2D eigenvalue weighted by Gasteiger charge is -2.26. The van der Waals surface area contributed by atoms with E-state index in [1.165, 1.54) is 0 Å². The summed E-state index contributed by atoms with van der Waals surface area (Å²) in [6, 6.07) is 24.3. The average molecular weight is 374 g/mol. The molecule has 0 radical (unpaired) electrons. The van der Waals surface area contributed by atoms with E-state index in [1.807, 2.05) is 53.4 Å². The van der Waals surface area contributed by atoms with Crippen LogP contribution in [0.25, 0.3) is 0 Å². The second-order valence-electron chi connectivity index (χ2n) is 6.74. The van der Waals surface area contributed by atoms with Gasteiger partial charge in [-0.3, -0.25) is 9.78 Å². The maximum atomic E-state index is 13.3. The van der Waals surface area contributed by atoms with Crippen LogP contribution in [0.1, 0.15) is 29.0 Å². The van der Waals surface area contributed by atoms with E-state index in [9.17, 15) is 4.79 Å². The van der Waals surface area contributed by atoms with Crippen molar-refractivity contribution in [2.75, 3.05) is 20.3 Å². The molecule has 0 aliphatic heterocycles. The molecule has 28 heavy (non-hydrogen) atoms. The van der Waals surface area contributed by atoms with E-state index in [1.54, 1.807) is 19.5 Å². The van der Waals surface area contributed by atoms with Gasteiger partial charge in [-0.1, -0.05) is 60.7 Å². The van der Waals surface area contributed by atoms with Gasteiger partial charge in [-0.05, 0) is 28.8 Å². The zero-order valence-corrected chi connectivity index (χ0v) is 16.2. The van der Waals surface area contributed by atoms with Crippen LogP contribution in [-0.2, 0) is 16.1 Å². The first-order valence-electron chi connectivity index (χ1n) is 9.53. The highest BCUT2D eigenvalue weighted by molar-refractivity contribution is 5.78. The number of rotatable bonds is 9. The minimum Gasteiger partial charge on any atom is -0.383 e. The molecule has 4 heteroatoms. The lowest BCUT2D eigenvalue weighted by molar-refractivity contribution is -0.132. The highest BCUT2D eigenvalue weighted by Gasteiger charge is 2.22. The number of methoxy groups -OCH3 is 1. The standard InChI is InChI=1S/C24H26N2O2/c1-28-17-16-26(19-20-12-14-25-15-13-20)24(27)18-23(21-8-4-2-5-9-21)22-10-6-3-7-11-22/h2-15,23H,16-19H2,1H3. The maximum Gasteiger partial charge on any atom is 0.223 e. The van der Waals surface area contributed by atoms with E-state index in [0.717, 1.165) is 16.7 Å². The van der Waals surface area contributed by atoms with Crippen LogP contribution in [0.2, 0.25) is 0 Å². The van der Waals surface area contributed by atoms with Crippen molar-refractivity contribution in [2.24, 2.45) is 0 Å². The van der Waals surface area contributed by atoms with E-state index in [4.69, 9.17) is 4.74 Å². The molecule has 0 atom stereocenters. The van der Waals surface area contributed by atoms with Crippen LogP contribution in [0.4, 0.5) is 0 Å². The first kappa shape index (κ1) is 19.8. The Bertz CT molecular complexity index is 799. The SMILES string of the molecule is COCCN(Cc1ccncc1)C(=O)CC(c1ccccc1)c1ccccc1. The van der Waals surface area contributed by atoms with E-state index < -0.39 is 0 Å². The third-order valence-corrected chi connectivity index (χ3v) is 4.82. The fraction of sp³-hybridized carbons (Fsp3) is 0.250. The van der Waals surface area contributed by atoms with Crippen LogP contribution in [0.15, 0.2) is 85.2 Å².